The van der Waals surface area contributed by atoms with E-state index in [-0.39, 0.29) is 36.6 Å². The molecule has 2 heterocycles. The molecule has 0 radical (unpaired) electrons. The van der Waals surface area contributed by atoms with E-state index in [1.165, 1.54) is 0 Å². The molecule has 2 aromatic rings. The van der Waals surface area contributed by atoms with Crippen LogP contribution in [0.3, 0.4) is 0 Å². The van der Waals surface area contributed by atoms with Crippen molar-refractivity contribution in [1.82, 2.24) is 15.6 Å². The summed E-state index contributed by atoms with van der Waals surface area (Å²) >= 11 is 12.0. The van der Waals surface area contributed by atoms with E-state index in [0.29, 0.717) is 33.8 Å². The fraction of sp³-hybridized carbons (Fsp3) is 0.250. The first-order valence-corrected chi connectivity index (χ1v) is 7.96. The quantitative estimate of drug-likeness (QED) is 0.761. The van der Waals surface area contributed by atoms with E-state index < -0.39 is 0 Å². The van der Waals surface area contributed by atoms with Crippen molar-refractivity contribution in [3.05, 3.63) is 52.1 Å². The Hall–Kier alpha value is -1.24. The van der Waals surface area contributed by atoms with Crippen LogP contribution >= 0.6 is 48.0 Å². The van der Waals surface area contributed by atoms with Crippen LogP contribution < -0.4 is 15.4 Å². The lowest BCUT2D eigenvalue weighted by Crippen LogP contribution is -2.48. The summed E-state index contributed by atoms with van der Waals surface area (Å²) in [6.45, 7) is 2.48. The largest absolute Gasteiger partial charge is 0.437 e. The van der Waals surface area contributed by atoms with Crippen LogP contribution in [0.2, 0.25) is 10.0 Å². The zero-order chi connectivity index (χ0) is 16.2. The van der Waals surface area contributed by atoms with Gasteiger partial charge in [0, 0.05) is 36.8 Å². The second-order valence-electron chi connectivity index (χ2n) is 5.27. The first-order valence-electron chi connectivity index (χ1n) is 7.20. The Balaban J connectivity index is 0.00000156. The minimum atomic E-state index is -0.218. The molecule has 0 bridgehead atoms. The Morgan fingerprint density at radius 2 is 2.04 bits per heavy atom. The maximum absolute atomic E-state index is 12.3. The Morgan fingerprint density at radius 3 is 2.68 bits per heavy atom. The summed E-state index contributed by atoms with van der Waals surface area (Å²) in [5.74, 6) is 0.865. The molecule has 2 N–H and O–H groups in total. The van der Waals surface area contributed by atoms with Crippen molar-refractivity contribution in [3.8, 4) is 11.6 Å². The van der Waals surface area contributed by atoms with E-state index >= 15 is 0 Å². The van der Waals surface area contributed by atoms with Crippen LogP contribution in [0.4, 0.5) is 0 Å². The maximum atomic E-state index is 12.3. The molecule has 9 heteroatoms. The standard InChI is InChI=1S/C16H15Cl2N3O2.2ClH/c17-11-3-4-14(13(18)6-11)23-16-12(2-1-5-20-16)15(22)21-9-10-7-19-8-10;;/h1-6,10,19H,7-9H2,(H,21,22);2*1H. The van der Waals surface area contributed by atoms with Gasteiger partial charge in [-0.25, -0.2) is 4.98 Å². The number of hydrogen-bond acceptors (Lipinski definition) is 4. The molecule has 1 aliphatic rings. The lowest BCUT2D eigenvalue weighted by Gasteiger charge is -2.27. The molecule has 0 atom stereocenters. The first-order chi connectivity index (χ1) is 11.1. The van der Waals surface area contributed by atoms with Gasteiger partial charge in [-0.3, -0.25) is 4.79 Å². The predicted molar refractivity (Wildman–Crippen MR) is 104 cm³/mol. The zero-order valence-electron chi connectivity index (χ0n) is 13.0. The van der Waals surface area contributed by atoms with Gasteiger partial charge in [-0.05, 0) is 30.3 Å². The molecule has 136 valence electrons. The van der Waals surface area contributed by atoms with Gasteiger partial charge >= 0.3 is 0 Å². The van der Waals surface area contributed by atoms with Gasteiger partial charge in [0.05, 0.1) is 5.02 Å². The molecule has 0 spiro atoms. The van der Waals surface area contributed by atoms with E-state index in [4.69, 9.17) is 27.9 Å². The molecule has 1 aromatic heterocycles. The SMILES string of the molecule is Cl.Cl.O=C(NCC1CNC1)c1cccnc1Oc1ccc(Cl)cc1Cl. The van der Waals surface area contributed by atoms with E-state index in [1.54, 1.807) is 36.5 Å². The van der Waals surface area contributed by atoms with Crippen LogP contribution in [0, 0.1) is 5.92 Å². The summed E-state index contributed by atoms with van der Waals surface area (Å²) in [4.78, 5) is 16.5. The molecule has 1 aliphatic heterocycles. The van der Waals surface area contributed by atoms with Gasteiger partial charge in [0.25, 0.3) is 5.91 Å². The number of hydrogen-bond donors (Lipinski definition) is 2. The fourth-order valence-corrected chi connectivity index (χ4v) is 2.58. The zero-order valence-corrected chi connectivity index (χ0v) is 16.1. The predicted octanol–water partition coefficient (Wildman–Crippen LogP) is 3.97. The molecular weight excluding hydrogens is 408 g/mol. The van der Waals surface area contributed by atoms with Crippen LogP contribution in [0.1, 0.15) is 10.4 Å². The number of ether oxygens (including phenoxy) is 1. The summed E-state index contributed by atoms with van der Waals surface area (Å²) in [6.07, 6.45) is 1.56. The van der Waals surface area contributed by atoms with Crippen LogP contribution in [0.15, 0.2) is 36.5 Å². The van der Waals surface area contributed by atoms with Gasteiger partial charge in [-0.1, -0.05) is 23.2 Å². The number of halogens is 4. The molecule has 0 saturated carbocycles. The Kier molecular flexibility index (Phi) is 8.76. The highest BCUT2D eigenvalue weighted by Gasteiger charge is 2.20. The third-order valence-electron chi connectivity index (χ3n) is 3.53. The van der Waals surface area contributed by atoms with Crippen LogP contribution in [0.5, 0.6) is 11.6 Å². The Bertz CT molecular complexity index is 726. The van der Waals surface area contributed by atoms with Crippen LogP contribution in [-0.4, -0.2) is 30.5 Å². The molecule has 5 nitrogen and oxygen atoms in total. The third-order valence-corrected chi connectivity index (χ3v) is 4.06. The lowest BCUT2D eigenvalue weighted by atomic mass is 10.0. The van der Waals surface area contributed by atoms with Crippen molar-refractivity contribution in [1.29, 1.82) is 0 Å². The highest BCUT2D eigenvalue weighted by atomic mass is 35.5. The van der Waals surface area contributed by atoms with Gasteiger partial charge in [-0.2, -0.15) is 0 Å². The van der Waals surface area contributed by atoms with Crippen molar-refractivity contribution >= 4 is 53.9 Å². The maximum Gasteiger partial charge on any atom is 0.256 e. The highest BCUT2D eigenvalue weighted by molar-refractivity contribution is 6.35. The number of nitrogens with zero attached hydrogens (tertiary/aromatic N) is 1. The molecule has 25 heavy (non-hydrogen) atoms. The summed E-state index contributed by atoms with van der Waals surface area (Å²) in [7, 11) is 0. The number of nitrogens with one attached hydrogen (secondary N) is 2. The number of amides is 1. The molecule has 0 aliphatic carbocycles. The minimum absolute atomic E-state index is 0. The van der Waals surface area contributed by atoms with Crippen molar-refractivity contribution in [3.63, 3.8) is 0 Å². The number of aromatic nitrogens is 1. The lowest BCUT2D eigenvalue weighted by molar-refractivity contribution is 0.0939. The second-order valence-corrected chi connectivity index (χ2v) is 6.11. The van der Waals surface area contributed by atoms with Crippen molar-refractivity contribution in [2.75, 3.05) is 19.6 Å². The fourth-order valence-electron chi connectivity index (χ4n) is 2.13. The molecule has 1 aromatic carbocycles. The second kappa shape index (κ2) is 10.0. The van der Waals surface area contributed by atoms with Crippen LogP contribution in [0.25, 0.3) is 0 Å². The molecular formula is C16H17Cl4N3O2. The van der Waals surface area contributed by atoms with E-state index in [0.717, 1.165) is 13.1 Å². The van der Waals surface area contributed by atoms with Gasteiger partial charge in [-0.15, -0.1) is 24.8 Å². The molecule has 1 amide bonds. The number of carbonyl (C=O) groups excluding carboxylic acids is 1. The number of benzene rings is 1. The van der Waals surface area contributed by atoms with Crippen LogP contribution in [-0.2, 0) is 0 Å². The summed E-state index contributed by atoms with van der Waals surface area (Å²) < 4.78 is 5.69. The minimum Gasteiger partial charge on any atom is -0.437 e. The Labute approximate surface area is 168 Å². The normalized spacial score (nSPS) is 13.0. The van der Waals surface area contributed by atoms with Crippen molar-refractivity contribution in [2.45, 2.75) is 0 Å². The van der Waals surface area contributed by atoms with E-state index in [2.05, 4.69) is 15.6 Å². The van der Waals surface area contributed by atoms with Gasteiger partial charge in [0.15, 0.2) is 0 Å². The van der Waals surface area contributed by atoms with Gasteiger partial charge in [0.1, 0.15) is 11.3 Å². The van der Waals surface area contributed by atoms with Crippen molar-refractivity contribution < 1.29 is 9.53 Å². The molecule has 1 fully saturated rings. The average Bonchev–Trinajstić information content (AvgIpc) is 2.49. The smallest absolute Gasteiger partial charge is 0.256 e. The third kappa shape index (κ3) is 5.62. The summed E-state index contributed by atoms with van der Waals surface area (Å²) in [5, 5.41) is 6.93. The summed E-state index contributed by atoms with van der Waals surface area (Å²) in [5.41, 5.74) is 0.366. The van der Waals surface area contributed by atoms with Gasteiger partial charge < -0.3 is 15.4 Å². The molecule has 1 saturated heterocycles. The van der Waals surface area contributed by atoms with E-state index in [9.17, 15) is 4.79 Å². The number of carbonyl (C=O) groups is 1. The topological polar surface area (TPSA) is 63.2 Å². The number of rotatable bonds is 5. The van der Waals surface area contributed by atoms with Crippen molar-refractivity contribution in [2.24, 2.45) is 5.92 Å². The monoisotopic (exact) mass is 423 g/mol. The van der Waals surface area contributed by atoms with E-state index in [1.807, 2.05) is 0 Å². The first kappa shape index (κ1) is 21.8. The average molecular weight is 425 g/mol. The van der Waals surface area contributed by atoms with Gasteiger partial charge in [0.2, 0.25) is 5.88 Å². The summed E-state index contributed by atoms with van der Waals surface area (Å²) in [6, 6.07) is 8.23. The Morgan fingerprint density at radius 1 is 1.28 bits per heavy atom. The highest BCUT2D eigenvalue weighted by Crippen LogP contribution is 2.32. The molecule has 0 unspecified atom stereocenters. The molecule has 3 rings (SSSR count). The number of pyridine rings is 1.